The van der Waals surface area contributed by atoms with E-state index >= 15 is 0 Å². The topological polar surface area (TPSA) is 12.9 Å². The Bertz CT molecular complexity index is 718. The van der Waals surface area contributed by atoms with Gasteiger partial charge in [0, 0.05) is 6.20 Å². The highest BCUT2D eigenvalue weighted by molar-refractivity contribution is 9.10. The first-order valence-electron chi connectivity index (χ1n) is 6.52. The van der Waals surface area contributed by atoms with Crippen molar-refractivity contribution in [3.8, 4) is 22.3 Å². The average molecular weight is 324 g/mol. The first kappa shape index (κ1) is 13.1. The fraction of sp³-hybridized carbons (Fsp3) is 0.0556. The van der Waals surface area contributed by atoms with Gasteiger partial charge in [0.1, 0.15) is 4.60 Å². The molecule has 0 unspecified atom stereocenters. The van der Waals surface area contributed by atoms with Gasteiger partial charge in [-0.2, -0.15) is 0 Å². The van der Waals surface area contributed by atoms with Crippen LogP contribution in [0.25, 0.3) is 22.3 Å². The Morgan fingerprint density at radius 3 is 2.10 bits per heavy atom. The predicted octanol–water partition coefficient (Wildman–Crippen LogP) is 5.49. The van der Waals surface area contributed by atoms with Crippen LogP contribution in [0.15, 0.2) is 71.5 Å². The lowest BCUT2D eigenvalue weighted by Gasteiger charge is -2.08. The summed E-state index contributed by atoms with van der Waals surface area (Å²) in [6.07, 6.45) is 1.89. The van der Waals surface area contributed by atoms with Crippen molar-refractivity contribution in [1.29, 1.82) is 0 Å². The summed E-state index contributed by atoms with van der Waals surface area (Å²) in [7, 11) is 0. The Morgan fingerprint density at radius 2 is 1.40 bits per heavy atom. The normalized spacial score (nSPS) is 10.5. The first-order valence-corrected chi connectivity index (χ1v) is 7.31. The Kier molecular flexibility index (Phi) is 3.66. The van der Waals surface area contributed by atoms with E-state index in [9.17, 15) is 0 Å². The van der Waals surface area contributed by atoms with E-state index in [-0.39, 0.29) is 0 Å². The van der Waals surface area contributed by atoms with Crippen LogP contribution in [0, 0.1) is 6.92 Å². The molecule has 98 valence electrons. The molecule has 2 heteroatoms. The SMILES string of the molecule is Cc1cnc(Br)cc1-c1ccc(-c2ccccc2)cc1. The van der Waals surface area contributed by atoms with E-state index in [1.807, 2.05) is 12.3 Å². The Balaban J connectivity index is 2.00. The minimum atomic E-state index is 0.866. The number of nitrogens with zero attached hydrogens (tertiary/aromatic N) is 1. The van der Waals surface area contributed by atoms with E-state index in [1.165, 1.54) is 27.8 Å². The van der Waals surface area contributed by atoms with Crippen molar-refractivity contribution in [3.63, 3.8) is 0 Å². The lowest BCUT2D eigenvalue weighted by Crippen LogP contribution is -1.86. The lowest BCUT2D eigenvalue weighted by atomic mass is 9.99. The second-order valence-electron chi connectivity index (χ2n) is 4.77. The van der Waals surface area contributed by atoms with Crippen LogP contribution < -0.4 is 0 Å². The molecule has 0 amide bonds. The fourth-order valence-electron chi connectivity index (χ4n) is 2.28. The van der Waals surface area contributed by atoms with Gasteiger partial charge in [0.05, 0.1) is 0 Å². The number of rotatable bonds is 2. The van der Waals surface area contributed by atoms with Crippen LogP contribution in [0.4, 0.5) is 0 Å². The molecule has 1 aromatic heterocycles. The molecule has 0 aliphatic carbocycles. The molecule has 0 spiro atoms. The number of pyridine rings is 1. The molecule has 1 nitrogen and oxygen atoms in total. The molecule has 0 aliphatic heterocycles. The van der Waals surface area contributed by atoms with E-state index in [2.05, 4.69) is 82.4 Å². The van der Waals surface area contributed by atoms with E-state index in [0.29, 0.717) is 0 Å². The van der Waals surface area contributed by atoms with Crippen molar-refractivity contribution in [2.24, 2.45) is 0 Å². The summed E-state index contributed by atoms with van der Waals surface area (Å²) < 4.78 is 0.866. The molecule has 3 aromatic rings. The van der Waals surface area contributed by atoms with Gasteiger partial charge in [-0.25, -0.2) is 4.98 Å². The Hall–Kier alpha value is -1.93. The predicted molar refractivity (Wildman–Crippen MR) is 87.5 cm³/mol. The quantitative estimate of drug-likeness (QED) is 0.568. The van der Waals surface area contributed by atoms with Gasteiger partial charge in [-0.3, -0.25) is 0 Å². The molecule has 0 saturated heterocycles. The first-order chi connectivity index (χ1) is 9.74. The molecule has 0 fully saturated rings. The van der Waals surface area contributed by atoms with Gasteiger partial charge in [0.25, 0.3) is 0 Å². The Labute approximate surface area is 127 Å². The van der Waals surface area contributed by atoms with Gasteiger partial charge < -0.3 is 0 Å². The zero-order chi connectivity index (χ0) is 13.9. The van der Waals surface area contributed by atoms with Crippen molar-refractivity contribution in [2.75, 3.05) is 0 Å². The molecule has 20 heavy (non-hydrogen) atoms. The highest BCUT2D eigenvalue weighted by atomic mass is 79.9. The summed E-state index contributed by atoms with van der Waals surface area (Å²) in [6, 6.07) is 21.1. The van der Waals surface area contributed by atoms with E-state index in [1.54, 1.807) is 0 Å². The third kappa shape index (κ3) is 2.66. The second kappa shape index (κ2) is 5.59. The van der Waals surface area contributed by atoms with Crippen molar-refractivity contribution < 1.29 is 0 Å². The molecule has 0 bridgehead atoms. The number of aryl methyl sites for hydroxylation is 1. The second-order valence-corrected chi connectivity index (χ2v) is 5.58. The maximum absolute atomic E-state index is 4.25. The van der Waals surface area contributed by atoms with Crippen LogP contribution in [0.5, 0.6) is 0 Å². The number of benzene rings is 2. The minimum absolute atomic E-state index is 0.866. The molecular weight excluding hydrogens is 310 g/mol. The van der Waals surface area contributed by atoms with Crippen molar-refractivity contribution >= 4 is 15.9 Å². The van der Waals surface area contributed by atoms with Crippen LogP contribution in [0.3, 0.4) is 0 Å². The largest absolute Gasteiger partial charge is 0.249 e. The smallest absolute Gasteiger partial charge is 0.106 e. The van der Waals surface area contributed by atoms with Gasteiger partial charge in [-0.15, -0.1) is 0 Å². The monoisotopic (exact) mass is 323 g/mol. The zero-order valence-electron chi connectivity index (χ0n) is 11.2. The molecule has 3 rings (SSSR count). The van der Waals surface area contributed by atoms with E-state index in [0.717, 1.165) is 4.60 Å². The summed E-state index contributed by atoms with van der Waals surface area (Å²) in [5, 5.41) is 0. The zero-order valence-corrected chi connectivity index (χ0v) is 12.8. The summed E-state index contributed by atoms with van der Waals surface area (Å²) in [5.74, 6) is 0. The van der Waals surface area contributed by atoms with Gasteiger partial charge in [-0.1, -0.05) is 54.6 Å². The van der Waals surface area contributed by atoms with Gasteiger partial charge in [0.15, 0.2) is 0 Å². The van der Waals surface area contributed by atoms with Crippen LogP contribution in [0.2, 0.25) is 0 Å². The molecule has 0 aliphatic rings. The fourth-order valence-corrected chi connectivity index (χ4v) is 2.61. The maximum atomic E-state index is 4.25. The number of halogens is 1. The highest BCUT2D eigenvalue weighted by Gasteiger charge is 2.04. The van der Waals surface area contributed by atoms with Crippen molar-refractivity contribution in [3.05, 3.63) is 77.0 Å². The molecule has 1 heterocycles. The van der Waals surface area contributed by atoms with Gasteiger partial charge in [-0.05, 0) is 56.7 Å². The summed E-state index contributed by atoms with van der Waals surface area (Å²) in [5.41, 5.74) is 6.09. The molecule has 0 N–H and O–H groups in total. The lowest BCUT2D eigenvalue weighted by molar-refractivity contribution is 1.23. The molecule has 0 radical (unpaired) electrons. The average Bonchev–Trinajstić information content (AvgIpc) is 2.51. The van der Waals surface area contributed by atoms with Crippen molar-refractivity contribution in [2.45, 2.75) is 6.92 Å². The maximum Gasteiger partial charge on any atom is 0.106 e. The minimum Gasteiger partial charge on any atom is -0.249 e. The number of hydrogen-bond donors (Lipinski definition) is 0. The number of aromatic nitrogens is 1. The van der Waals surface area contributed by atoms with Crippen LogP contribution in [-0.4, -0.2) is 4.98 Å². The van der Waals surface area contributed by atoms with Crippen molar-refractivity contribution in [1.82, 2.24) is 4.98 Å². The molecular formula is C18H14BrN. The van der Waals surface area contributed by atoms with Gasteiger partial charge in [0.2, 0.25) is 0 Å². The summed E-state index contributed by atoms with van der Waals surface area (Å²) in [6.45, 7) is 2.08. The molecule has 2 aromatic carbocycles. The molecule has 0 saturated carbocycles. The Morgan fingerprint density at radius 1 is 0.800 bits per heavy atom. The summed E-state index contributed by atoms with van der Waals surface area (Å²) >= 11 is 3.43. The third-order valence-electron chi connectivity index (χ3n) is 3.37. The van der Waals surface area contributed by atoms with E-state index < -0.39 is 0 Å². The van der Waals surface area contributed by atoms with Crippen LogP contribution >= 0.6 is 15.9 Å². The standard InChI is InChI=1S/C18H14BrN/c1-13-12-20-18(19)11-17(13)16-9-7-15(8-10-16)14-5-3-2-4-6-14/h2-12H,1H3. The number of hydrogen-bond acceptors (Lipinski definition) is 1. The van der Waals surface area contributed by atoms with Crippen LogP contribution in [-0.2, 0) is 0 Å². The summed E-state index contributed by atoms with van der Waals surface area (Å²) in [4.78, 5) is 4.25. The van der Waals surface area contributed by atoms with Crippen LogP contribution in [0.1, 0.15) is 5.56 Å². The highest BCUT2D eigenvalue weighted by Crippen LogP contribution is 2.28. The van der Waals surface area contributed by atoms with Gasteiger partial charge >= 0.3 is 0 Å². The van der Waals surface area contributed by atoms with E-state index in [4.69, 9.17) is 0 Å². The third-order valence-corrected chi connectivity index (χ3v) is 3.81. The molecule has 0 atom stereocenters.